The Bertz CT molecular complexity index is 1140. The van der Waals surface area contributed by atoms with Crippen LogP contribution in [0.3, 0.4) is 0 Å². The van der Waals surface area contributed by atoms with Crippen LogP contribution in [0.25, 0.3) is 11.3 Å². The molecule has 32 heavy (non-hydrogen) atoms. The molecule has 1 aliphatic heterocycles. The molecule has 2 N–H and O–H groups in total. The number of aryl methyl sites for hydroxylation is 1. The Morgan fingerprint density at radius 2 is 1.81 bits per heavy atom. The lowest BCUT2D eigenvalue weighted by molar-refractivity contribution is 0.0743. The molecule has 0 spiro atoms. The van der Waals surface area contributed by atoms with Crippen LogP contribution in [0.4, 0.5) is 0 Å². The van der Waals surface area contributed by atoms with Gasteiger partial charge in [0.1, 0.15) is 17.1 Å². The number of hydrogen-bond donors (Lipinski definition) is 2. The Kier molecular flexibility index (Phi) is 6.08. The van der Waals surface area contributed by atoms with E-state index in [2.05, 4.69) is 10.2 Å². The average Bonchev–Trinajstić information content (AvgIpc) is 3.31. The quantitative estimate of drug-likeness (QED) is 0.528. The van der Waals surface area contributed by atoms with E-state index in [1.54, 1.807) is 6.07 Å². The summed E-state index contributed by atoms with van der Waals surface area (Å²) in [5, 5.41) is 17.9. The number of ether oxygens (including phenoxy) is 2. The van der Waals surface area contributed by atoms with Crippen LogP contribution in [0.15, 0.2) is 36.4 Å². The van der Waals surface area contributed by atoms with E-state index in [4.69, 9.17) is 9.47 Å². The predicted octanol–water partition coefficient (Wildman–Crippen LogP) is 4.84. The van der Waals surface area contributed by atoms with Gasteiger partial charge in [-0.15, -0.1) is 0 Å². The fraction of sp³-hybridized carbons (Fsp3) is 0.360. The molecule has 4 rings (SSSR count). The van der Waals surface area contributed by atoms with Gasteiger partial charge in [-0.1, -0.05) is 24.6 Å². The Balaban J connectivity index is 1.89. The lowest BCUT2D eigenvalue weighted by Crippen LogP contribution is -2.30. The van der Waals surface area contributed by atoms with E-state index in [-0.39, 0.29) is 17.7 Å². The molecule has 0 bridgehead atoms. The number of aromatic amines is 1. The van der Waals surface area contributed by atoms with Gasteiger partial charge in [-0.3, -0.25) is 9.89 Å². The van der Waals surface area contributed by atoms with Gasteiger partial charge in [0.2, 0.25) is 0 Å². The highest BCUT2D eigenvalue weighted by atomic mass is 16.5. The number of carbonyl (C=O) groups excluding carboxylic acids is 1. The third kappa shape index (κ3) is 3.68. The second kappa shape index (κ2) is 8.94. The number of aromatic hydroxyl groups is 1. The molecular weight excluding hydrogens is 406 g/mol. The Labute approximate surface area is 188 Å². The number of benzene rings is 2. The Hall–Kier alpha value is -3.48. The van der Waals surface area contributed by atoms with Crippen LogP contribution in [-0.4, -0.2) is 45.9 Å². The minimum atomic E-state index is -0.346. The number of rotatable bonds is 8. The molecule has 1 aromatic heterocycles. The molecule has 1 amide bonds. The van der Waals surface area contributed by atoms with Crippen molar-refractivity contribution in [1.29, 1.82) is 0 Å². The lowest BCUT2D eigenvalue weighted by atomic mass is 9.94. The van der Waals surface area contributed by atoms with E-state index in [1.807, 2.05) is 62.9 Å². The number of aromatic nitrogens is 2. The minimum Gasteiger partial charge on any atom is -0.507 e. The van der Waals surface area contributed by atoms with Crippen LogP contribution in [0.1, 0.15) is 60.4 Å². The molecule has 3 aromatic rings. The first-order chi connectivity index (χ1) is 15.5. The smallest absolute Gasteiger partial charge is 0.273 e. The Morgan fingerprint density at radius 1 is 1.06 bits per heavy atom. The molecule has 0 saturated carbocycles. The first-order valence-electron chi connectivity index (χ1n) is 11.1. The van der Waals surface area contributed by atoms with Gasteiger partial charge < -0.3 is 19.5 Å². The SMILES string of the molecule is CCCN1C(=O)c2[nH]nc(-c3cc(C)ccc3O)c2C1c1ccc(OCC)c(OCC)c1. The van der Waals surface area contributed by atoms with Crippen molar-refractivity contribution in [3.8, 4) is 28.5 Å². The fourth-order valence-electron chi connectivity index (χ4n) is 4.30. The molecule has 1 aliphatic rings. The van der Waals surface area contributed by atoms with Crippen molar-refractivity contribution < 1.29 is 19.4 Å². The largest absolute Gasteiger partial charge is 0.507 e. The fourth-order valence-corrected chi connectivity index (χ4v) is 4.30. The number of phenols is 1. The van der Waals surface area contributed by atoms with Crippen molar-refractivity contribution in [2.24, 2.45) is 0 Å². The number of nitrogens with one attached hydrogen (secondary N) is 1. The summed E-state index contributed by atoms with van der Waals surface area (Å²) in [6.45, 7) is 9.51. The van der Waals surface area contributed by atoms with Crippen LogP contribution in [-0.2, 0) is 0 Å². The van der Waals surface area contributed by atoms with E-state index < -0.39 is 0 Å². The first kappa shape index (κ1) is 21.7. The molecule has 2 heterocycles. The standard InChI is InChI=1S/C25H29N3O4/c1-5-12-28-24(16-9-11-19(31-6-2)20(14-16)32-7-3)21-22(26-27-23(21)25(28)30)17-13-15(4)8-10-18(17)29/h8-11,13-14,24,29H,5-7,12H2,1-4H3,(H,26,27). The third-order valence-corrected chi connectivity index (χ3v) is 5.62. The summed E-state index contributed by atoms with van der Waals surface area (Å²) in [4.78, 5) is 15.1. The molecule has 1 unspecified atom stereocenters. The van der Waals surface area contributed by atoms with Crippen LogP contribution in [0.2, 0.25) is 0 Å². The molecule has 0 saturated heterocycles. The van der Waals surface area contributed by atoms with Gasteiger partial charge in [-0.05, 0) is 57.0 Å². The van der Waals surface area contributed by atoms with Crippen molar-refractivity contribution in [3.63, 3.8) is 0 Å². The predicted molar refractivity (Wildman–Crippen MR) is 122 cm³/mol. The maximum atomic E-state index is 13.3. The van der Waals surface area contributed by atoms with Gasteiger partial charge in [0.05, 0.1) is 19.3 Å². The number of fused-ring (bicyclic) bond motifs is 1. The highest BCUT2D eigenvalue weighted by Crippen LogP contribution is 2.46. The van der Waals surface area contributed by atoms with Gasteiger partial charge in [-0.2, -0.15) is 5.10 Å². The lowest BCUT2D eigenvalue weighted by Gasteiger charge is -2.26. The molecule has 0 aliphatic carbocycles. The van der Waals surface area contributed by atoms with E-state index in [0.29, 0.717) is 48.2 Å². The van der Waals surface area contributed by atoms with Crippen molar-refractivity contribution in [2.75, 3.05) is 19.8 Å². The van der Waals surface area contributed by atoms with Gasteiger partial charge in [0.25, 0.3) is 5.91 Å². The van der Waals surface area contributed by atoms with Crippen molar-refractivity contribution in [2.45, 2.75) is 40.2 Å². The van der Waals surface area contributed by atoms with Crippen LogP contribution < -0.4 is 9.47 Å². The second-order valence-corrected chi connectivity index (χ2v) is 7.85. The van der Waals surface area contributed by atoms with E-state index >= 15 is 0 Å². The number of nitrogens with zero attached hydrogens (tertiary/aromatic N) is 2. The van der Waals surface area contributed by atoms with E-state index in [0.717, 1.165) is 23.1 Å². The molecule has 7 heteroatoms. The summed E-state index contributed by atoms with van der Waals surface area (Å²) in [5.74, 6) is 1.36. The molecule has 0 radical (unpaired) electrons. The van der Waals surface area contributed by atoms with E-state index in [1.165, 1.54) is 0 Å². The molecule has 0 fully saturated rings. The summed E-state index contributed by atoms with van der Waals surface area (Å²) in [7, 11) is 0. The summed E-state index contributed by atoms with van der Waals surface area (Å²) < 4.78 is 11.6. The molecule has 2 aromatic carbocycles. The summed E-state index contributed by atoms with van der Waals surface area (Å²) in [5.41, 5.74) is 4.34. The van der Waals surface area contributed by atoms with Gasteiger partial charge in [0.15, 0.2) is 11.5 Å². The van der Waals surface area contributed by atoms with Crippen LogP contribution >= 0.6 is 0 Å². The maximum absolute atomic E-state index is 13.3. The Morgan fingerprint density at radius 3 is 2.53 bits per heavy atom. The number of H-pyrrole nitrogens is 1. The van der Waals surface area contributed by atoms with E-state index in [9.17, 15) is 9.90 Å². The van der Waals surface area contributed by atoms with Gasteiger partial charge >= 0.3 is 0 Å². The zero-order valence-corrected chi connectivity index (χ0v) is 18.9. The normalized spacial score (nSPS) is 15.2. The van der Waals surface area contributed by atoms with Crippen molar-refractivity contribution in [1.82, 2.24) is 15.1 Å². The molecule has 1 atom stereocenters. The summed E-state index contributed by atoms with van der Waals surface area (Å²) >= 11 is 0. The average molecular weight is 436 g/mol. The third-order valence-electron chi connectivity index (χ3n) is 5.62. The number of phenolic OH excluding ortho intramolecular Hbond substituents is 1. The number of amides is 1. The monoisotopic (exact) mass is 435 g/mol. The van der Waals surface area contributed by atoms with Crippen molar-refractivity contribution in [3.05, 3.63) is 58.8 Å². The number of carbonyl (C=O) groups is 1. The molecular formula is C25H29N3O4. The highest BCUT2D eigenvalue weighted by Gasteiger charge is 2.42. The van der Waals surface area contributed by atoms with Crippen LogP contribution in [0, 0.1) is 6.92 Å². The number of hydrogen-bond acceptors (Lipinski definition) is 5. The highest BCUT2D eigenvalue weighted by molar-refractivity contribution is 6.00. The molecule has 168 valence electrons. The minimum absolute atomic E-state index is 0.0930. The van der Waals surface area contributed by atoms with Crippen LogP contribution in [0.5, 0.6) is 17.2 Å². The first-order valence-corrected chi connectivity index (χ1v) is 11.1. The zero-order chi connectivity index (χ0) is 22.8. The second-order valence-electron chi connectivity index (χ2n) is 7.85. The van der Waals surface area contributed by atoms with Gasteiger partial charge in [-0.25, -0.2) is 0 Å². The zero-order valence-electron chi connectivity index (χ0n) is 18.9. The topological polar surface area (TPSA) is 87.7 Å². The maximum Gasteiger partial charge on any atom is 0.273 e. The summed E-state index contributed by atoms with van der Waals surface area (Å²) in [6.07, 6.45) is 0.820. The summed E-state index contributed by atoms with van der Waals surface area (Å²) in [6, 6.07) is 10.8. The molecule has 7 nitrogen and oxygen atoms in total. The van der Waals surface area contributed by atoms with Gasteiger partial charge in [0, 0.05) is 17.7 Å². The van der Waals surface area contributed by atoms with Crippen molar-refractivity contribution >= 4 is 5.91 Å².